The van der Waals surface area contributed by atoms with Gasteiger partial charge in [-0.1, -0.05) is 34.8 Å². The number of aliphatic carboxylic acids is 1. The van der Waals surface area contributed by atoms with Crippen LogP contribution in [0.5, 0.6) is 0 Å². The summed E-state index contributed by atoms with van der Waals surface area (Å²) in [5.74, 6) is -2.82. The summed E-state index contributed by atoms with van der Waals surface area (Å²) in [4.78, 5) is 52.9. The van der Waals surface area contributed by atoms with Gasteiger partial charge < -0.3 is 20.2 Å². The van der Waals surface area contributed by atoms with Crippen molar-refractivity contribution in [2.75, 3.05) is 32.6 Å². The molecule has 1 fully saturated rings. The number of carboxylic acids is 1. The molecule has 0 radical (unpaired) electrons. The molecule has 0 aliphatic carbocycles. The van der Waals surface area contributed by atoms with Crippen molar-refractivity contribution < 1.29 is 32.7 Å². The van der Waals surface area contributed by atoms with Crippen LogP contribution in [0.1, 0.15) is 38.3 Å². The first-order valence-electron chi connectivity index (χ1n) is 12.1. The first kappa shape index (κ1) is 30.1. The lowest BCUT2D eigenvalue weighted by Crippen LogP contribution is -2.44. The SMILES string of the molecule is CS(=O)(=O)N1CC(=O)N(CC[C@H](NC(=O)c2c(Cl)cc3c(c2Cl)CCN(C(=O)c2ccc(Cl)cc2)C3)C(=O)O)C1. The van der Waals surface area contributed by atoms with Gasteiger partial charge in [0.25, 0.3) is 11.8 Å². The van der Waals surface area contributed by atoms with E-state index < -0.39 is 33.8 Å². The van der Waals surface area contributed by atoms with Crippen molar-refractivity contribution in [3.63, 3.8) is 0 Å². The minimum absolute atomic E-state index is 0.00954. The van der Waals surface area contributed by atoms with Crippen LogP contribution in [0, 0.1) is 0 Å². The number of benzene rings is 2. The molecule has 0 spiro atoms. The number of nitrogens with zero attached hydrogens (tertiary/aromatic N) is 3. The Kier molecular flexibility index (Phi) is 8.96. The second-order valence-corrected chi connectivity index (χ2v) is 12.7. The standard InChI is InChI=1S/C25H25Cl3N4O7S/c1-40(38,39)32-12-20(33)31(13-32)9-7-19(25(36)37)29-23(34)21-18(27)10-15-11-30(8-6-17(15)22(21)28)24(35)14-2-4-16(26)5-3-14/h2-5,10,19H,6-9,11-13H2,1H3,(H,29,34)(H,36,37)/t19-/m0/s1. The molecule has 40 heavy (non-hydrogen) atoms. The molecule has 2 N–H and O–H groups in total. The van der Waals surface area contributed by atoms with Crippen molar-refractivity contribution in [3.05, 3.63) is 67.7 Å². The third-order valence-electron chi connectivity index (χ3n) is 6.76. The summed E-state index contributed by atoms with van der Waals surface area (Å²) in [5.41, 5.74) is 1.68. The summed E-state index contributed by atoms with van der Waals surface area (Å²) < 4.78 is 24.4. The number of nitrogens with one attached hydrogen (secondary N) is 1. The maximum atomic E-state index is 13.1. The number of hydrogen-bond acceptors (Lipinski definition) is 6. The second kappa shape index (κ2) is 11.9. The molecule has 2 aromatic carbocycles. The molecule has 2 aliphatic rings. The summed E-state index contributed by atoms with van der Waals surface area (Å²) in [7, 11) is -3.59. The van der Waals surface area contributed by atoms with Crippen molar-refractivity contribution in [3.8, 4) is 0 Å². The van der Waals surface area contributed by atoms with Gasteiger partial charge in [0.05, 0.1) is 35.1 Å². The number of carboxylic acid groups (broad SMARTS) is 1. The van der Waals surface area contributed by atoms with E-state index in [-0.39, 0.29) is 54.2 Å². The predicted octanol–water partition coefficient (Wildman–Crippen LogP) is 2.48. The van der Waals surface area contributed by atoms with Crippen molar-refractivity contribution in [2.24, 2.45) is 0 Å². The average Bonchev–Trinajstić information content (AvgIpc) is 3.27. The van der Waals surface area contributed by atoms with Crippen LogP contribution in [-0.4, -0.2) is 89.9 Å². The number of carbonyl (C=O) groups is 4. The van der Waals surface area contributed by atoms with Gasteiger partial charge >= 0.3 is 5.97 Å². The molecule has 2 heterocycles. The Bertz CT molecular complexity index is 1480. The molecule has 0 saturated carbocycles. The number of fused-ring (bicyclic) bond motifs is 1. The highest BCUT2D eigenvalue weighted by atomic mass is 35.5. The van der Waals surface area contributed by atoms with Crippen molar-refractivity contribution in [1.29, 1.82) is 0 Å². The zero-order chi connectivity index (χ0) is 29.4. The molecule has 2 aromatic rings. The van der Waals surface area contributed by atoms with Gasteiger partial charge in [-0.15, -0.1) is 0 Å². The minimum Gasteiger partial charge on any atom is -0.480 e. The Morgan fingerprint density at radius 3 is 2.38 bits per heavy atom. The van der Waals surface area contributed by atoms with E-state index in [2.05, 4.69) is 5.32 Å². The van der Waals surface area contributed by atoms with Gasteiger partial charge in [-0.2, -0.15) is 4.31 Å². The molecular weight excluding hydrogens is 607 g/mol. The minimum atomic E-state index is -3.59. The van der Waals surface area contributed by atoms with Crippen LogP contribution < -0.4 is 5.32 Å². The van der Waals surface area contributed by atoms with E-state index in [4.69, 9.17) is 34.8 Å². The third kappa shape index (κ3) is 6.52. The largest absolute Gasteiger partial charge is 0.480 e. The molecule has 1 atom stereocenters. The highest BCUT2D eigenvalue weighted by molar-refractivity contribution is 7.88. The van der Waals surface area contributed by atoms with E-state index in [0.717, 1.165) is 10.6 Å². The van der Waals surface area contributed by atoms with E-state index in [9.17, 15) is 32.7 Å². The summed E-state index contributed by atoms with van der Waals surface area (Å²) >= 11 is 18.9. The molecule has 2 aliphatic heterocycles. The number of carbonyl (C=O) groups excluding carboxylic acids is 3. The van der Waals surface area contributed by atoms with Crippen LogP contribution in [0.2, 0.25) is 15.1 Å². The molecule has 0 aromatic heterocycles. The van der Waals surface area contributed by atoms with Crippen LogP contribution in [0.15, 0.2) is 30.3 Å². The molecule has 11 nitrogen and oxygen atoms in total. The van der Waals surface area contributed by atoms with E-state index in [0.29, 0.717) is 34.7 Å². The molecule has 3 amide bonds. The third-order valence-corrected chi connectivity index (χ3v) is 8.91. The quantitative estimate of drug-likeness (QED) is 0.456. The Morgan fingerprint density at radius 1 is 1.10 bits per heavy atom. The molecular formula is C25H25Cl3N4O7S. The molecule has 4 rings (SSSR count). The fraction of sp³-hybridized carbons (Fsp3) is 0.360. The summed E-state index contributed by atoms with van der Waals surface area (Å²) in [6.07, 6.45) is 1.15. The molecule has 0 unspecified atom stereocenters. The average molecular weight is 632 g/mol. The van der Waals surface area contributed by atoms with Crippen LogP contribution in [-0.2, 0) is 32.6 Å². The Labute approximate surface area is 245 Å². The van der Waals surface area contributed by atoms with Gasteiger partial charge in [0.1, 0.15) is 6.04 Å². The lowest BCUT2D eigenvalue weighted by atomic mass is 9.96. The van der Waals surface area contributed by atoms with E-state index in [1.807, 2.05) is 0 Å². The van der Waals surface area contributed by atoms with Gasteiger partial charge in [-0.05, 0) is 54.3 Å². The van der Waals surface area contributed by atoms with Gasteiger partial charge in [-0.25, -0.2) is 13.2 Å². The fourth-order valence-corrected chi connectivity index (χ4v) is 6.15. The predicted molar refractivity (Wildman–Crippen MR) is 148 cm³/mol. The lowest BCUT2D eigenvalue weighted by molar-refractivity contribution is -0.140. The molecule has 0 bridgehead atoms. The smallest absolute Gasteiger partial charge is 0.326 e. The van der Waals surface area contributed by atoms with E-state index in [1.54, 1.807) is 29.2 Å². The van der Waals surface area contributed by atoms with Gasteiger partial charge in [0, 0.05) is 30.2 Å². The van der Waals surface area contributed by atoms with E-state index in [1.165, 1.54) is 11.0 Å². The lowest BCUT2D eigenvalue weighted by Gasteiger charge is -2.30. The Hall–Kier alpha value is -2.90. The normalized spacial score (nSPS) is 16.6. The maximum absolute atomic E-state index is 13.1. The first-order valence-corrected chi connectivity index (χ1v) is 15.1. The zero-order valence-corrected chi connectivity index (χ0v) is 24.3. The van der Waals surface area contributed by atoms with Gasteiger partial charge in [0.2, 0.25) is 15.9 Å². The number of hydrogen-bond donors (Lipinski definition) is 2. The van der Waals surface area contributed by atoms with Crippen LogP contribution >= 0.6 is 34.8 Å². The number of halogens is 3. The summed E-state index contributed by atoms with van der Waals surface area (Å²) in [6, 6.07) is 6.66. The monoisotopic (exact) mass is 630 g/mol. The molecule has 15 heteroatoms. The fourth-order valence-electron chi connectivity index (χ4n) is 4.57. The van der Waals surface area contributed by atoms with Gasteiger partial charge in [-0.3, -0.25) is 14.4 Å². The molecule has 214 valence electrons. The zero-order valence-electron chi connectivity index (χ0n) is 21.2. The van der Waals surface area contributed by atoms with E-state index >= 15 is 0 Å². The Balaban J connectivity index is 1.45. The second-order valence-electron chi connectivity index (χ2n) is 9.49. The maximum Gasteiger partial charge on any atom is 0.326 e. The van der Waals surface area contributed by atoms with Crippen molar-refractivity contribution >= 4 is 68.5 Å². The van der Waals surface area contributed by atoms with Gasteiger partial charge in [0.15, 0.2) is 0 Å². The van der Waals surface area contributed by atoms with Crippen molar-refractivity contribution in [2.45, 2.75) is 25.4 Å². The highest BCUT2D eigenvalue weighted by Crippen LogP contribution is 2.35. The topological polar surface area (TPSA) is 144 Å². The summed E-state index contributed by atoms with van der Waals surface area (Å²) in [6.45, 7) is -0.0670. The van der Waals surface area contributed by atoms with Crippen LogP contribution in [0.4, 0.5) is 0 Å². The summed E-state index contributed by atoms with van der Waals surface area (Å²) in [5, 5.41) is 12.7. The molecule has 1 saturated heterocycles. The number of sulfonamides is 1. The number of rotatable bonds is 8. The van der Waals surface area contributed by atoms with Crippen molar-refractivity contribution in [1.82, 2.24) is 19.4 Å². The first-order chi connectivity index (χ1) is 18.8. The Morgan fingerprint density at radius 2 is 1.77 bits per heavy atom. The highest BCUT2D eigenvalue weighted by Gasteiger charge is 2.34. The number of amides is 3. The van der Waals surface area contributed by atoms with Crippen LogP contribution in [0.25, 0.3) is 0 Å². The van der Waals surface area contributed by atoms with Crippen LogP contribution in [0.3, 0.4) is 0 Å².